The summed E-state index contributed by atoms with van der Waals surface area (Å²) in [5.41, 5.74) is 1.83. The van der Waals surface area contributed by atoms with Crippen molar-refractivity contribution in [1.82, 2.24) is 9.47 Å². The Morgan fingerprint density at radius 2 is 1.83 bits per heavy atom. The van der Waals surface area contributed by atoms with Gasteiger partial charge in [-0.2, -0.15) is 0 Å². The van der Waals surface area contributed by atoms with Crippen LogP contribution in [0.5, 0.6) is 5.75 Å². The molecule has 2 heterocycles. The second-order valence-electron chi connectivity index (χ2n) is 7.75. The largest absolute Gasteiger partial charge is 0.497 e. The fraction of sp³-hybridized carbons (Fsp3) is 0.476. The monoisotopic (exact) mass is 419 g/mol. The molecule has 1 aliphatic heterocycles. The van der Waals surface area contributed by atoms with Gasteiger partial charge in [-0.25, -0.2) is 8.42 Å². The number of aromatic nitrogens is 1. The van der Waals surface area contributed by atoms with Crippen molar-refractivity contribution < 1.29 is 17.9 Å². The molecular formula is C21H29N3O4S. The van der Waals surface area contributed by atoms with Gasteiger partial charge in [0.1, 0.15) is 10.6 Å². The van der Waals surface area contributed by atoms with Crippen LogP contribution in [0.25, 0.3) is 0 Å². The third kappa shape index (κ3) is 4.12. The van der Waals surface area contributed by atoms with Gasteiger partial charge in [-0.1, -0.05) is 13.0 Å². The maximum Gasteiger partial charge on any atom is 0.264 e. The van der Waals surface area contributed by atoms with Crippen LogP contribution in [0, 0.1) is 19.8 Å². The summed E-state index contributed by atoms with van der Waals surface area (Å²) in [7, 11) is -0.665. The summed E-state index contributed by atoms with van der Waals surface area (Å²) < 4.78 is 36.2. The Morgan fingerprint density at radius 1 is 1.17 bits per heavy atom. The molecule has 1 fully saturated rings. The lowest BCUT2D eigenvalue weighted by atomic mass is 9.98. The lowest BCUT2D eigenvalue weighted by Gasteiger charge is -2.30. The fourth-order valence-electron chi connectivity index (χ4n) is 3.76. The molecule has 3 rings (SSSR count). The number of amides is 1. The summed E-state index contributed by atoms with van der Waals surface area (Å²) in [6.07, 6.45) is 1.86. The zero-order chi connectivity index (χ0) is 21.3. The van der Waals surface area contributed by atoms with E-state index in [1.165, 1.54) is 7.11 Å². The van der Waals surface area contributed by atoms with Crippen LogP contribution in [0.3, 0.4) is 0 Å². The average molecular weight is 420 g/mol. The van der Waals surface area contributed by atoms with Gasteiger partial charge in [0.05, 0.1) is 18.4 Å². The van der Waals surface area contributed by atoms with Gasteiger partial charge in [-0.15, -0.1) is 0 Å². The van der Waals surface area contributed by atoms with Crippen molar-refractivity contribution >= 4 is 21.6 Å². The minimum Gasteiger partial charge on any atom is -0.497 e. The molecule has 0 atom stereocenters. The summed E-state index contributed by atoms with van der Waals surface area (Å²) in [5.74, 6) is 0.907. The van der Waals surface area contributed by atoms with E-state index in [2.05, 4.69) is 11.6 Å². The number of carbonyl (C=O) groups excluding carboxylic acids is 1. The van der Waals surface area contributed by atoms with E-state index in [0.717, 1.165) is 12.8 Å². The van der Waals surface area contributed by atoms with Crippen molar-refractivity contribution in [2.24, 2.45) is 13.0 Å². The molecule has 7 nitrogen and oxygen atoms in total. The highest BCUT2D eigenvalue weighted by Crippen LogP contribution is 2.31. The Morgan fingerprint density at radius 3 is 2.45 bits per heavy atom. The molecule has 29 heavy (non-hydrogen) atoms. The Kier molecular flexibility index (Phi) is 5.93. The molecule has 0 unspecified atom stereocenters. The zero-order valence-corrected chi connectivity index (χ0v) is 18.5. The molecule has 1 aromatic carbocycles. The van der Waals surface area contributed by atoms with E-state index in [9.17, 15) is 13.2 Å². The SMILES string of the molecule is COc1cccc(NS(=O)(=O)c2c(C(=O)N3CCC(C)CC3)c(C)n(C)c2C)c1. The molecule has 1 aliphatic rings. The van der Waals surface area contributed by atoms with Gasteiger partial charge < -0.3 is 14.2 Å². The van der Waals surface area contributed by atoms with Crippen molar-refractivity contribution in [3.63, 3.8) is 0 Å². The number of ether oxygens (including phenoxy) is 1. The molecule has 1 N–H and O–H groups in total. The molecule has 1 aromatic heterocycles. The summed E-state index contributed by atoms with van der Waals surface area (Å²) in [6, 6.07) is 6.71. The van der Waals surface area contributed by atoms with Crippen LogP contribution >= 0.6 is 0 Å². The summed E-state index contributed by atoms with van der Waals surface area (Å²) >= 11 is 0. The molecule has 1 saturated heterocycles. The summed E-state index contributed by atoms with van der Waals surface area (Å²) in [5, 5.41) is 0. The number of sulfonamides is 1. The topological polar surface area (TPSA) is 80.6 Å². The first-order valence-corrected chi connectivity index (χ1v) is 11.3. The van der Waals surface area contributed by atoms with Crippen molar-refractivity contribution in [3.8, 4) is 5.75 Å². The Hall–Kier alpha value is -2.48. The van der Waals surface area contributed by atoms with E-state index in [1.54, 1.807) is 54.6 Å². The van der Waals surface area contributed by atoms with Crippen molar-refractivity contribution in [2.45, 2.75) is 38.5 Å². The molecule has 0 radical (unpaired) electrons. The van der Waals surface area contributed by atoms with Gasteiger partial charge in [0, 0.05) is 37.6 Å². The van der Waals surface area contributed by atoms with E-state index in [-0.39, 0.29) is 16.4 Å². The average Bonchev–Trinajstić information content (AvgIpc) is 2.92. The van der Waals surface area contributed by atoms with Gasteiger partial charge in [0.2, 0.25) is 0 Å². The van der Waals surface area contributed by atoms with E-state index >= 15 is 0 Å². The van der Waals surface area contributed by atoms with E-state index in [0.29, 0.717) is 41.8 Å². The number of carbonyl (C=O) groups is 1. The number of piperidine rings is 1. The molecule has 8 heteroatoms. The first kappa shape index (κ1) is 21.2. The van der Waals surface area contributed by atoms with Gasteiger partial charge in [-0.3, -0.25) is 9.52 Å². The second kappa shape index (κ2) is 8.10. The number of methoxy groups -OCH3 is 1. The molecule has 158 valence electrons. The lowest BCUT2D eigenvalue weighted by molar-refractivity contribution is 0.0692. The van der Waals surface area contributed by atoms with Gasteiger partial charge >= 0.3 is 0 Å². The first-order valence-electron chi connectivity index (χ1n) is 9.77. The van der Waals surface area contributed by atoms with Crippen molar-refractivity contribution in [1.29, 1.82) is 0 Å². The number of nitrogens with one attached hydrogen (secondary N) is 1. The van der Waals surface area contributed by atoms with Crippen LogP contribution in [0.1, 0.15) is 41.5 Å². The zero-order valence-electron chi connectivity index (χ0n) is 17.7. The minimum atomic E-state index is -3.97. The lowest BCUT2D eigenvalue weighted by Crippen LogP contribution is -2.38. The molecule has 0 spiro atoms. The fourth-order valence-corrected chi connectivity index (χ4v) is 5.33. The van der Waals surface area contributed by atoms with Crippen molar-refractivity contribution in [3.05, 3.63) is 41.2 Å². The highest BCUT2D eigenvalue weighted by molar-refractivity contribution is 7.92. The standard InChI is InChI=1S/C21H29N3O4S/c1-14-9-11-24(12-10-14)21(25)19-15(2)23(4)16(3)20(19)29(26,27)22-17-7-6-8-18(13-17)28-5/h6-8,13-14,22H,9-12H2,1-5H3. The van der Waals surface area contributed by atoms with Gasteiger partial charge in [0.25, 0.3) is 15.9 Å². The number of hydrogen-bond acceptors (Lipinski definition) is 4. The van der Waals surface area contributed by atoms with Crippen LogP contribution in [-0.4, -0.2) is 44.0 Å². The van der Waals surface area contributed by atoms with Crippen LogP contribution in [0.2, 0.25) is 0 Å². The third-order valence-electron chi connectivity index (χ3n) is 5.80. The van der Waals surface area contributed by atoms with Crippen LogP contribution in [0.4, 0.5) is 5.69 Å². The number of likely N-dealkylation sites (tertiary alicyclic amines) is 1. The molecule has 0 aliphatic carbocycles. The van der Waals surface area contributed by atoms with E-state index in [4.69, 9.17) is 4.74 Å². The summed E-state index contributed by atoms with van der Waals surface area (Å²) in [6.45, 7) is 6.99. The van der Waals surface area contributed by atoms with Gasteiger partial charge in [-0.05, 0) is 44.7 Å². The number of benzene rings is 1. The normalized spacial score (nSPS) is 15.4. The predicted octanol–water partition coefficient (Wildman–Crippen LogP) is 3.32. The maximum atomic E-state index is 13.3. The van der Waals surface area contributed by atoms with E-state index in [1.807, 2.05) is 0 Å². The minimum absolute atomic E-state index is 0.0453. The Bertz CT molecular complexity index is 1020. The van der Waals surface area contributed by atoms with Crippen LogP contribution in [-0.2, 0) is 17.1 Å². The number of anilines is 1. The van der Waals surface area contributed by atoms with Crippen LogP contribution in [0.15, 0.2) is 29.2 Å². The smallest absolute Gasteiger partial charge is 0.264 e. The van der Waals surface area contributed by atoms with Crippen molar-refractivity contribution in [2.75, 3.05) is 24.9 Å². The molecule has 0 bridgehead atoms. The first-order chi connectivity index (χ1) is 13.7. The Labute approximate surface area is 172 Å². The van der Waals surface area contributed by atoms with E-state index < -0.39 is 10.0 Å². The Balaban J connectivity index is 2.02. The summed E-state index contributed by atoms with van der Waals surface area (Å²) in [4.78, 5) is 15.1. The number of hydrogen-bond donors (Lipinski definition) is 1. The quantitative estimate of drug-likeness (QED) is 0.806. The van der Waals surface area contributed by atoms with Gasteiger partial charge in [0.15, 0.2) is 0 Å². The maximum absolute atomic E-state index is 13.3. The molecule has 2 aromatic rings. The highest BCUT2D eigenvalue weighted by Gasteiger charge is 2.34. The third-order valence-corrected chi connectivity index (χ3v) is 7.34. The van der Waals surface area contributed by atoms with Crippen LogP contribution < -0.4 is 9.46 Å². The molecular weight excluding hydrogens is 390 g/mol. The molecule has 0 saturated carbocycles. The highest BCUT2D eigenvalue weighted by atomic mass is 32.2. The predicted molar refractivity (Wildman–Crippen MR) is 113 cm³/mol. The number of nitrogens with zero attached hydrogens (tertiary/aromatic N) is 2. The molecule has 1 amide bonds. The number of rotatable bonds is 5. The second-order valence-corrected chi connectivity index (χ2v) is 9.37.